The molecule has 0 bridgehead atoms. The van der Waals surface area contributed by atoms with Gasteiger partial charge in [0, 0.05) is 48.9 Å². The Hall–Kier alpha value is -2.62. The molecule has 0 unspecified atom stereocenters. The Labute approximate surface area is 186 Å². The van der Waals surface area contributed by atoms with E-state index in [1.165, 1.54) is 22.8 Å². The fourth-order valence-electron chi connectivity index (χ4n) is 3.67. The van der Waals surface area contributed by atoms with Gasteiger partial charge in [0.1, 0.15) is 16.4 Å². The van der Waals surface area contributed by atoms with Gasteiger partial charge in [0.25, 0.3) is 0 Å². The van der Waals surface area contributed by atoms with Gasteiger partial charge in [-0.25, -0.2) is 13.4 Å². The first kappa shape index (κ1) is 21.6. The molecule has 3 aromatic rings. The van der Waals surface area contributed by atoms with Gasteiger partial charge in [-0.3, -0.25) is 0 Å². The molecule has 0 amide bonds. The Morgan fingerprint density at radius 2 is 1.77 bits per heavy atom. The molecule has 2 heterocycles. The van der Waals surface area contributed by atoms with E-state index in [0.29, 0.717) is 31.9 Å². The first-order valence-corrected chi connectivity index (χ1v) is 12.2. The molecule has 0 aliphatic carbocycles. The maximum atomic E-state index is 13.5. The molecule has 7 nitrogen and oxygen atoms in total. The number of hydrogen-bond donors (Lipinski definition) is 0. The van der Waals surface area contributed by atoms with Crippen molar-refractivity contribution in [2.45, 2.75) is 11.8 Å². The summed E-state index contributed by atoms with van der Waals surface area (Å²) in [4.78, 5) is 6.82. The Bertz CT molecular complexity index is 1170. The molecule has 164 valence electrons. The van der Waals surface area contributed by atoms with E-state index in [9.17, 15) is 8.42 Å². The van der Waals surface area contributed by atoms with Crippen molar-refractivity contribution in [1.29, 1.82) is 0 Å². The number of benzene rings is 2. The van der Waals surface area contributed by atoms with E-state index in [2.05, 4.69) is 9.88 Å². The highest BCUT2D eigenvalue weighted by Crippen LogP contribution is 2.33. The number of thiazole rings is 1. The van der Waals surface area contributed by atoms with Crippen LogP contribution < -0.4 is 14.4 Å². The maximum absolute atomic E-state index is 13.5. The first-order chi connectivity index (χ1) is 14.9. The van der Waals surface area contributed by atoms with Crippen molar-refractivity contribution in [2.75, 3.05) is 45.3 Å². The largest absolute Gasteiger partial charge is 0.497 e. The highest BCUT2D eigenvalue weighted by Gasteiger charge is 2.31. The van der Waals surface area contributed by atoms with Crippen LogP contribution in [0.1, 0.15) is 5.01 Å². The first-order valence-electron chi connectivity index (χ1n) is 9.92. The van der Waals surface area contributed by atoms with Crippen molar-refractivity contribution in [3.05, 3.63) is 52.9 Å². The summed E-state index contributed by atoms with van der Waals surface area (Å²) in [6.45, 7) is 3.90. The smallest absolute Gasteiger partial charge is 0.246 e. The molecular weight excluding hydrogens is 434 g/mol. The van der Waals surface area contributed by atoms with Crippen LogP contribution in [0.3, 0.4) is 0 Å². The van der Waals surface area contributed by atoms with Crippen LogP contribution in [-0.2, 0) is 10.0 Å². The topological polar surface area (TPSA) is 72.0 Å². The summed E-state index contributed by atoms with van der Waals surface area (Å²) in [5.41, 5.74) is 2.55. The second-order valence-electron chi connectivity index (χ2n) is 7.21. The molecule has 0 radical (unpaired) electrons. The van der Waals surface area contributed by atoms with E-state index in [0.717, 1.165) is 27.7 Å². The average Bonchev–Trinajstić information content (AvgIpc) is 3.25. The van der Waals surface area contributed by atoms with Gasteiger partial charge < -0.3 is 14.4 Å². The van der Waals surface area contributed by atoms with Crippen molar-refractivity contribution >= 4 is 27.0 Å². The molecule has 1 aliphatic heterocycles. The van der Waals surface area contributed by atoms with Crippen molar-refractivity contribution in [1.82, 2.24) is 9.29 Å². The van der Waals surface area contributed by atoms with Crippen molar-refractivity contribution in [3.8, 4) is 22.8 Å². The molecule has 4 rings (SSSR count). The van der Waals surface area contributed by atoms with Crippen LogP contribution in [0.15, 0.2) is 52.7 Å². The van der Waals surface area contributed by atoms with Crippen LogP contribution in [0.5, 0.6) is 11.5 Å². The predicted molar refractivity (Wildman–Crippen MR) is 123 cm³/mol. The maximum Gasteiger partial charge on any atom is 0.246 e. The van der Waals surface area contributed by atoms with Crippen molar-refractivity contribution in [2.24, 2.45) is 0 Å². The number of anilines is 1. The normalized spacial score (nSPS) is 15.1. The van der Waals surface area contributed by atoms with Crippen LogP contribution >= 0.6 is 11.3 Å². The van der Waals surface area contributed by atoms with Gasteiger partial charge in [-0.15, -0.1) is 11.3 Å². The van der Waals surface area contributed by atoms with Gasteiger partial charge in [0.2, 0.25) is 10.0 Å². The zero-order valence-corrected chi connectivity index (χ0v) is 19.4. The fraction of sp³-hybridized carbons (Fsp3) is 0.318. The van der Waals surface area contributed by atoms with Crippen molar-refractivity contribution < 1.29 is 17.9 Å². The number of piperazine rings is 1. The lowest BCUT2D eigenvalue weighted by Gasteiger charge is -2.35. The van der Waals surface area contributed by atoms with E-state index in [1.54, 1.807) is 19.2 Å². The van der Waals surface area contributed by atoms with Gasteiger partial charge in [-0.05, 0) is 37.3 Å². The number of aromatic nitrogens is 1. The third-order valence-corrected chi connectivity index (χ3v) is 8.05. The number of methoxy groups -OCH3 is 2. The lowest BCUT2D eigenvalue weighted by molar-refractivity contribution is 0.374. The summed E-state index contributed by atoms with van der Waals surface area (Å²) in [7, 11) is -0.590. The SMILES string of the molecule is COc1cccc(N2CCN(S(=O)(=O)c3cc(-c4csc(C)n4)ccc3OC)CC2)c1. The van der Waals surface area contributed by atoms with E-state index in [4.69, 9.17) is 9.47 Å². The highest BCUT2D eigenvalue weighted by atomic mass is 32.2. The van der Waals surface area contributed by atoms with Crippen LogP contribution in [0.2, 0.25) is 0 Å². The standard InChI is InChI=1S/C22H25N3O4S2/c1-16-23-20(15-30-16)17-7-8-21(29-3)22(13-17)31(26,27)25-11-9-24(10-12-25)18-5-4-6-19(14-18)28-2/h4-8,13-15H,9-12H2,1-3H3. The summed E-state index contributed by atoms with van der Waals surface area (Å²) in [6, 6.07) is 13.0. The summed E-state index contributed by atoms with van der Waals surface area (Å²) in [6.07, 6.45) is 0. The van der Waals surface area contributed by atoms with Crippen LogP contribution in [0, 0.1) is 6.92 Å². The van der Waals surface area contributed by atoms with E-state index >= 15 is 0 Å². The molecule has 1 fully saturated rings. The number of ether oxygens (including phenoxy) is 2. The minimum atomic E-state index is -3.71. The Morgan fingerprint density at radius 3 is 2.42 bits per heavy atom. The molecule has 0 saturated carbocycles. The van der Waals surface area contributed by atoms with Gasteiger partial charge in [-0.2, -0.15) is 4.31 Å². The molecule has 1 saturated heterocycles. The Balaban J connectivity index is 1.57. The minimum absolute atomic E-state index is 0.174. The van der Waals surface area contributed by atoms with E-state index < -0.39 is 10.0 Å². The summed E-state index contributed by atoms with van der Waals surface area (Å²) in [5, 5.41) is 2.87. The van der Waals surface area contributed by atoms with Crippen molar-refractivity contribution in [3.63, 3.8) is 0 Å². The van der Waals surface area contributed by atoms with Gasteiger partial charge in [0.05, 0.1) is 24.9 Å². The second kappa shape index (κ2) is 8.86. The van der Waals surface area contributed by atoms with E-state index in [-0.39, 0.29) is 4.90 Å². The number of nitrogens with zero attached hydrogens (tertiary/aromatic N) is 3. The summed E-state index contributed by atoms with van der Waals surface area (Å²) in [5.74, 6) is 1.12. The molecule has 1 aromatic heterocycles. The molecule has 0 atom stereocenters. The van der Waals surface area contributed by atoms with E-state index in [1.807, 2.05) is 42.6 Å². The lowest BCUT2D eigenvalue weighted by atomic mass is 10.2. The van der Waals surface area contributed by atoms with Crippen LogP contribution in [0.4, 0.5) is 5.69 Å². The summed E-state index contributed by atoms with van der Waals surface area (Å²) < 4.78 is 39.2. The molecule has 9 heteroatoms. The molecule has 31 heavy (non-hydrogen) atoms. The average molecular weight is 460 g/mol. The van der Waals surface area contributed by atoms with Crippen LogP contribution in [-0.4, -0.2) is 58.1 Å². The van der Waals surface area contributed by atoms with Gasteiger partial charge in [0.15, 0.2) is 0 Å². The monoisotopic (exact) mass is 459 g/mol. The highest BCUT2D eigenvalue weighted by molar-refractivity contribution is 7.89. The van der Waals surface area contributed by atoms with Crippen LogP contribution in [0.25, 0.3) is 11.3 Å². The zero-order chi connectivity index (χ0) is 22.0. The number of sulfonamides is 1. The number of hydrogen-bond acceptors (Lipinski definition) is 7. The Morgan fingerprint density at radius 1 is 1.00 bits per heavy atom. The third kappa shape index (κ3) is 4.39. The quantitative estimate of drug-likeness (QED) is 0.560. The second-order valence-corrected chi connectivity index (χ2v) is 10.2. The zero-order valence-electron chi connectivity index (χ0n) is 17.7. The number of rotatable bonds is 6. The fourth-order valence-corrected chi connectivity index (χ4v) is 5.89. The molecule has 0 N–H and O–H groups in total. The third-order valence-electron chi connectivity index (χ3n) is 5.35. The predicted octanol–water partition coefficient (Wildman–Crippen LogP) is 3.65. The molecular formula is C22H25N3O4S2. The van der Waals surface area contributed by atoms with Gasteiger partial charge >= 0.3 is 0 Å². The number of aryl methyl sites for hydroxylation is 1. The lowest BCUT2D eigenvalue weighted by Crippen LogP contribution is -2.48. The minimum Gasteiger partial charge on any atom is -0.497 e. The molecule has 1 aliphatic rings. The summed E-state index contributed by atoms with van der Waals surface area (Å²) >= 11 is 1.53. The molecule has 2 aromatic carbocycles. The molecule has 0 spiro atoms. The van der Waals surface area contributed by atoms with Gasteiger partial charge in [-0.1, -0.05) is 6.07 Å². The Kier molecular flexibility index (Phi) is 6.17.